The molecule has 0 aliphatic carbocycles. The number of para-hydroxylation sites is 1. The molecule has 196 valence electrons. The molecule has 1 atom stereocenters. The van der Waals surface area contributed by atoms with E-state index >= 15 is 0 Å². The van der Waals surface area contributed by atoms with Gasteiger partial charge in [-0.2, -0.15) is 0 Å². The van der Waals surface area contributed by atoms with Crippen molar-refractivity contribution < 1.29 is 29.0 Å². The number of hydrogen-bond donors (Lipinski definition) is 1. The van der Waals surface area contributed by atoms with E-state index in [9.17, 15) is 9.59 Å². The van der Waals surface area contributed by atoms with E-state index in [1.54, 1.807) is 6.20 Å². The number of imidazole rings is 1. The van der Waals surface area contributed by atoms with Crippen molar-refractivity contribution in [2.24, 2.45) is 7.05 Å². The summed E-state index contributed by atoms with van der Waals surface area (Å²) >= 11 is 0. The molecule has 0 radical (unpaired) electrons. The van der Waals surface area contributed by atoms with Crippen LogP contribution in [-0.4, -0.2) is 92.8 Å². The molecule has 3 aliphatic heterocycles. The number of fused-ring (bicyclic) bond motifs is 3. The number of aromatic nitrogens is 3. The predicted octanol–water partition coefficient (Wildman–Crippen LogP) is 1.46. The van der Waals surface area contributed by atoms with Crippen molar-refractivity contribution in [1.29, 1.82) is 0 Å². The molecule has 1 unspecified atom stereocenters. The largest absolute Gasteiger partial charge is 0.483 e. The Balaban J connectivity index is 0.000000892. The summed E-state index contributed by atoms with van der Waals surface area (Å²) in [6.07, 6.45) is 4.35. The first-order valence-corrected chi connectivity index (χ1v) is 12.4. The number of benzene rings is 1. The maximum atomic E-state index is 13.4. The minimum absolute atomic E-state index is 0.0102. The third kappa shape index (κ3) is 4.60. The van der Waals surface area contributed by atoms with E-state index in [4.69, 9.17) is 19.4 Å². The second-order valence-electron chi connectivity index (χ2n) is 9.49. The maximum Gasteiger partial charge on any atom is 0.290 e. The van der Waals surface area contributed by atoms with Crippen LogP contribution in [0.5, 0.6) is 0 Å². The summed E-state index contributed by atoms with van der Waals surface area (Å²) in [5.41, 5.74) is 1.06. The molecule has 0 saturated carbocycles. The first-order valence-electron chi connectivity index (χ1n) is 12.4. The van der Waals surface area contributed by atoms with E-state index in [1.807, 2.05) is 62.5 Å². The number of morpholine rings is 1. The van der Waals surface area contributed by atoms with Crippen molar-refractivity contribution in [2.45, 2.75) is 31.1 Å². The fourth-order valence-corrected chi connectivity index (χ4v) is 5.58. The number of rotatable bonds is 2. The van der Waals surface area contributed by atoms with Crippen molar-refractivity contribution in [3.8, 4) is 0 Å². The monoisotopic (exact) mass is 509 g/mol. The van der Waals surface area contributed by atoms with Crippen molar-refractivity contribution in [1.82, 2.24) is 23.9 Å². The number of piperidine rings is 1. The van der Waals surface area contributed by atoms with Gasteiger partial charge in [-0.1, -0.05) is 18.2 Å². The molecule has 2 fully saturated rings. The van der Waals surface area contributed by atoms with Gasteiger partial charge in [-0.05, 0) is 12.1 Å². The van der Waals surface area contributed by atoms with E-state index in [1.165, 1.54) is 0 Å². The quantitative estimate of drug-likeness (QED) is 0.520. The number of carbonyl (C=O) groups is 3. The highest BCUT2D eigenvalue weighted by atomic mass is 16.5. The van der Waals surface area contributed by atoms with E-state index in [2.05, 4.69) is 4.98 Å². The fourth-order valence-electron chi connectivity index (χ4n) is 5.58. The normalized spacial score (nSPS) is 20.7. The van der Waals surface area contributed by atoms with Crippen LogP contribution in [0.25, 0.3) is 10.9 Å². The summed E-state index contributed by atoms with van der Waals surface area (Å²) in [5, 5.41) is 7.95. The van der Waals surface area contributed by atoms with Crippen LogP contribution in [0.2, 0.25) is 0 Å². The van der Waals surface area contributed by atoms with Crippen LogP contribution in [0.1, 0.15) is 29.2 Å². The lowest BCUT2D eigenvalue weighted by Crippen LogP contribution is -2.56. The zero-order valence-electron chi connectivity index (χ0n) is 20.8. The standard InChI is InChI=1S/C25H29N5O4.CH2O2/c1-27-19-5-3-2-4-18(19)16-20(27)22(31)28-9-6-25(7-10-28)24-26-8-11-30(24)17-21(34-25)23(32)29-12-14-33-15-13-29;2-1-3/h2-5,8,11,16,21H,6-7,9-10,12-15,17H2,1H3;1H,(H,2,3). The molecule has 1 spiro atoms. The van der Waals surface area contributed by atoms with Crippen molar-refractivity contribution in [3.63, 3.8) is 0 Å². The van der Waals surface area contributed by atoms with E-state index in [0.29, 0.717) is 64.5 Å². The molecule has 2 amide bonds. The van der Waals surface area contributed by atoms with Crippen LogP contribution in [0, 0.1) is 0 Å². The van der Waals surface area contributed by atoms with Gasteiger partial charge >= 0.3 is 0 Å². The highest BCUT2D eigenvalue weighted by molar-refractivity contribution is 5.98. The average Bonchev–Trinajstić information content (AvgIpc) is 3.55. The molecule has 3 aliphatic rings. The zero-order chi connectivity index (χ0) is 26.0. The number of aryl methyl sites for hydroxylation is 1. The van der Waals surface area contributed by atoms with E-state index in [-0.39, 0.29) is 18.3 Å². The predicted molar refractivity (Wildman–Crippen MR) is 133 cm³/mol. The Labute approximate surface area is 214 Å². The average molecular weight is 510 g/mol. The molecule has 2 saturated heterocycles. The summed E-state index contributed by atoms with van der Waals surface area (Å²) in [6, 6.07) is 9.98. The van der Waals surface area contributed by atoms with Gasteiger partial charge in [-0.3, -0.25) is 14.4 Å². The maximum absolute atomic E-state index is 13.4. The topological polar surface area (TPSA) is 119 Å². The SMILES string of the molecule is Cn1c(C(=O)N2CCC3(CC2)OC(C(=O)N2CCOCC2)Cn2ccnc23)cc2ccccc21.O=CO. The molecule has 2 aromatic heterocycles. The molecule has 3 aromatic rings. The number of carbonyl (C=O) groups excluding carboxylic acids is 2. The van der Waals surface area contributed by atoms with E-state index < -0.39 is 11.7 Å². The van der Waals surface area contributed by atoms with Gasteiger partial charge in [0.15, 0.2) is 6.10 Å². The molecule has 37 heavy (non-hydrogen) atoms. The van der Waals surface area contributed by atoms with Gasteiger partial charge in [0.2, 0.25) is 0 Å². The number of nitrogens with zero attached hydrogens (tertiary/aromatic N) is 5. The number of ether oxygens (including phenoxy) is 2. The highest BCUT2D eigenvalue weighted by Crippen LogP contribution is 2.40. The Bertz CT molecular complexity index is 1290. The van der Waals surface area contributed by atoms with E-state index in [0.717, 1.165) is 16.7 Å². The second-order valence-corrected chi connectivity index (χ2v) is 9.49. The first-order chi connectivity index (χ1) is 18.0. The summed E-state index contributed by atoms with van der Waals surface area (Å²) in [5.74, 6) is 0.889. The van der Waals surface area contributed by atoms with Crippen molar-refractivity contribution in [2.75, 3.05) is 39.4 Å². The molecule has 5 heterocycles. The molecule has 0 bridgehead atoms. The summed E-state index contributed by atoms with van der Waals surface area (Å²) in [6.45, 7) is 3.62. The third-order valence-electron chi connectivity index (χ3n) is 7.48. The smallest absolute Gasteiger partial charge is 0.290 e. The molecule has 11 heteroatoms. The Kier molecular flexibility index (Phi) is 6.98. The molecule has 11 nitrogen and oxygen atoms in total. The summed E-state index contributed by atoms with van der Waals surface area (Å²) in [4.78, 5) is 43.3. The van der Waals surface area contributed by atoms with Crippen LogP contribution in [0.3, 0.4) is 0 Å². The Morgan fingerprint density at radius 1 is 1.11 bits per heavy atom. The lowest BCUT2D eigenvalue weighted by molar-refractivity contribution is -0.182. The van der Waals surface area contributed by atoms with Crippen molar-refractivity contribution >= 4 is 29.2 Å². The lowest BCUT2D eigenvalue weighted by Gasteiger charge is -2.46. The Morgan fingerprint density at radius 2 is 1.81 bits per heavy atom. The molecular formula is C26H31N5O6. The Hall–Kier alpha value is -3.70. The van der Waals surface area contributed by atoms with Gasteiger partial charge in [0.05, 0.1) is 19.8 Å². The van der Waals surface area contributed by atoms with Gasteiger partial charge in [0, 0.05) is 69.4 Å². The Morgan fingerprint density at radius 3 is 2.51 bits per heavy atom. The van der Waals surface area contributed by atoms with Crippen LogP contribution in [0.15, 0.2) is 42.7 Å². The second kappa shape index (κ2) is 10.3. The van der Waals surface area contributed by atoms with Gasteiger partial charge in [0.25, 0.3) is 18.3 Å². The molecular weight excluding hydrogens is 478 g/mol. The van der Waals surface area contributed by atoms with Crippen LogP contribution in [0.4, 0.5) is 0 Å². The first kappa shape index (κ1) is 25.0. The molecule has 6 rings (SSSR count). The van der Waals surface area contributed by atoms with Crippen molar-refractivity contribution in [3.05, 3.63) is 54.2 Å². The number of carboxylic acid groups (broad SMARTS) is 1. The van der Waals surface area contributed by atoms with Crippen LogP contribution < -0.4 is 0 Å². The minimum Gasteiger partial charge on any atom is -0.483 e. The van der Waals surface area contributed by atoms with Crippen LogP contribution >= 0.6 is 0 Å². The summed E-state index contributed by atoms with van der Waals surface area (Å²) in [7, 11) is 1.93. The minimum atomic E-state index is -0.663. The fraction of sp³-hybridized carbons (Fsp3) is 0.462. The highest BCUT2D eigenvalue weighted by Gasteiger charge is 2.48. The number of amides is 2. The van der Waals surface area contributed by atoms with Gasteiger partial charge in [0.1, 0.15) is 17.1 Å². The van der Waals surface area contributed by atoms with Gasteiger partial charge < -0.3 is 33.5 Å². The molecule has 1 aromatic carbocycles. The summed E-state index contributed by atoms with van der Waals surface area (Å²) < 4.78 is 16.0. The lowest BCUT2D eigenvalue weighted by atomic mass is 9.88. The third-order valence-corrected chi connectivity index (χ3v) is 7.48. The molecule has 1 N–H and O–H groups in total. The zero-order valence-corrected chi connectivity index (χ0v) is 20.8. The van der Waals surface area contributed by atoms with Gasteiger partial charge in [-0.25, -0.2) is 4.98 Å². The van der Waals surface area contributed by atoms with Crippen LogP contribution in [-0.2, 0) is 38.3 Å². The number of likely N-dealkylation sites (tertiary alicyclic amines) is 1. The van der Waals surface area contributed by atoms with Gasteiger partial charge in [-0.15, -0.1) is 0 Å². The number of hydrogen-bond acceptors (Lipinski definition) is 6.